The van der Waals surface area contributed by atoms with E-state index in [9.17, 15) is 9.90 Å². The number of benzene rings is 1. The summed E-state index contributed by atoms with van der Waals surface area (Å²) in [5.41, 5.74) is 1.97. The Balaban J connectivity index is 1.72. The predicted molar refractivity (Wildman–Crippen MR) is 99.2 cm³/mol. The molecule has 1 aromatic carbocycles. The monoisotopic (exact) mass is 357 g/mol. The van der Waals surface area contributed by atoms with Crippen LogP contribution in [0, 0.1) is 5.92 Å². The molecule has 1 saturated heterocycles. The van der Waals surface area contributed by atoms with Crippen molar-refractivity contribution in [2.24, 2.45) is 5.92 Å². The summed E-state index contributed by atoms with van der Waals surface area (Å²) in [5, 5.41) is 14.2. The van der Waals surface area contributed by atoms with Crippen molar-refractivity contribution in [1.82, 2.24) is 14.7 Å². The van der Waals surface area contributed by atoms with E-state index in [1.807, 2.05) is 46.2 Å². The van der Waals surface area contributed by atoms with Gasteiger partial charge in [-0.15, -0.1) is 0 Å². The minimum atomic E-state index is 0.0430. The van der Waals surface area contributed by atoms with Crippen LogP contribution >= 0.6 is 0 Å². The number of nitrogens with zero attached hydrogens (tertiary/aromatic N) is 3. The highest BCUT2D eigenvalue weighted by Crippen LogP contribution is 2.33. The summed E-state index contributed by atoms with van der Waals surface area (Å²) in [7, 11) is 1.61. The molecule has 0 spiro atoms. The molecular formula is C20H27N3O3. The Labute approximate surface area is 154 Å². The van der Waals surface area contributed by atoms with Crippen LogP contribution in [0.15, 0.2) is 36.7 Å². The standard InChI is InChI=1S/C20H27N3O3/c1-14(2)23-11-16(9-21-23)18-12-22(10-17(18)13-24)20(25)8-15-6-4-5-7-19(15)26-3/h4-7,9,11,14,17-18,24H,8,10,12-13H2,1-3H3/t17-,18-/m0/s1. The second kappa shape index (κ2) is 7.91. The normalized spacial score (nSPS) is 20.0. The number of carbonyl (C=O) groups is 1. The second-order valence-electron chi connectivity index (χ2n) is 7.18. The van der Waals surface area contributed by atoms with Gasteiger partial charge in [0.15, 0.2) is 0 Å². The Morgan fingerprint density at radius 2 is 2.12 bits per heavy atom. The molecule has 2 aromatic rings. The van der Waals surface area contributed by atoms with Crippen LogP contribution in [0.3, 0.4) is 0 Å². The molecule has 0 radical (unpaired) electrons. The average molecular weight is 357 g/mol. The van der Waals surface area contributed by atoms with E-state index in [-0.39, 0.29) is 24.3 Å². The van der Waals surface area contributed by atoms with E-state index in [1.54, 1.807) is 7.11 Å². The van der Waals surface area contributed by atoms with Gasteiger partial charge in [0.1, 0.15) is 5.75 Å². The lowest BCUT2D eigenvalue weighted by atomic mass is 9.92. The van der Waals surface area contributed by atoms with Gasteiger partial charge < -0.3 is 14.7 Å². The summed E-state index contributed by atoms with van der Waals surface area (Å²) in [6.45, 7) is 5.41. The molecule has 140 valence electrons. The van der Waals surface area contributed by atoms with Crippen molar-refractivity contribution in [2.75, 3.05) is 26.8 Å². The summed E-state index contributed by atoms with van der Waals surface area (Å²) < 4.78 is 7.26. The van der Waals surface area contributed by atoms with E-state index in [1.165, 1.54) is 0 Å². The number of para-hydroxylation sites is 1. The van der Waals surface area contributed by atoms with E-state index in [0.29, 0.717) is 25.6 Å². The van der Waals surface area contributed by atoms with Crippen molar-refractivity contribution in [3.8, 4) is 5.75 Å². The third kappa shape index (κ3) is 3.75. The van der Waals surface area contributed by atoms with Crippen molar-refractivity contribution in [3.05, 3.63) is 47.8 Å². The number of aliphatic hydroxyl groups excluding tert-OH is 1. The molecule has 1 aliphatic heterocycles. The SMILES string of the molecule is COc1ccccc1CC(=O)N1C[C@@H](CO)[C@H](c2cnn(C(C)C)c2)C1. The lowest BCUT2D eigenvalue weighted by Gasteiger charge is -2.17. The largest absolute Gasteiger partial charge is 0.496 e. The highest BCUT2D eigenvalue weighted by molar-refractivity contribution is 5.80. The molecule has 26 heavy (non-hydrogen) atoms. The fourth-order valence-electron chi connectivity index (χ4n) is 3.59. The van der Waals surface area contributed by atoms with Gasteiger partial charge in [0, 0.05) is 49.3 Å². The maximum atomic E-state index is 12.8. The Hall–Kier alpha value is -2.34. The summed E-state index contributed by atoms with van der Waals surface area (Å²) >= 11 is 0. The number of hydrogen-bond acceptors (Lipinski definition) is 4. The first-order chi connectivity index (χ1) is 12.5. The number of amides is 1. The van der Waals surface area contributed by atoms with E-state index in [4.69, 9.17) is 4.74 Å². The van der Waals surface area contributed by atoms with Crippen LogP contribution in [0.1, 0.15) is 36.9 Å². The molecule has 1 aromatic heterocycles. The van der Waals surface area contributed by atoms with Crippen LogP contribution in [0.4, 0.5) is 0 Å². The molecule has 0 aliphatic carbocycles. The van der Waals surface area contributed by atoms with Crippen molar-refractivity contribution < 1.29 is 14.6 Å². The van der Waals surface area contributed by atoms with Crippen LogP contribution in [0.2, 0.25) is 0 Å². The van der Waals surface area contributed by atoms with Crippen molar-refractivity contribution in [3.63, 3.8) is 0 Å². The smallest absolute Gasteiger partial charge is 0.227 e. The molecule has 1 fully saturated rings. The molecule has 6 nitrogen and oxygen atoms in total. The van der Waals surface area contributed by atoms with Crippen molar-refractivity contribution >= 4 is 5.91 Å². The molecule has 2 atom stereocenters. The third-order valence-corrected chi connectivity index (χ3v) is 5.14. The minimum absolute atomic E-state index is 0.0430. The molecule has 0 bridgehead atoms. The first kappa shape index (κ1) is 18.5. The quantitative estimate of drug-likeness (QED) is 0.861. The Morgan fingerprint density at radius 3 is 2.77 bits per heavy atom. The zero-order chi connectivity index (χ0) is 18.7. The molecule has 3 rings (SSSR count). The minimum Gasteiger partial charge on any atom is -0.496 e. The molecule has 1 N–H and O–H groups in total. The Kier molecular flexibility index (Phi) is 5.61. The number of carbonyl (C=O) groups excluding carboxylic acids is 1. The number of rotatable bonds is 6. The fraction of sp³-hybridized carbons (Fsp3) is 0.500. The number of hydrogen-bond donors (Lipinski definition) is 1. The topological polar surface area (TPSA) is 67.6 Å². The van der Waals surface area contributed by atoms with Crippen molar-refractivity contribution in [2.45, 2.75) is 32.2 Å². The predicted octanol–water partition coefficient (Wildman–Crippen LogP) is 2.25. The number of aliphatic hydroxyl groups is 1. The van der Waals surface area contributed by atoms with E-state index in [0.717, 1.165) is 16.9 Å². The van der Waals surface area contributed by atoms with Crippen LogP contribution in [-0.4, -0.2) is 52.5 Å². The summed E-state index contributed by atoms with van der Waals surface area (Å²) in [5.74, 6) is 0.954. The highest BCUT2D eigenvalue weighted by Gasteiger charge is 2.36. The number of aromatic nitrogens is 2. The first-order valence-electron chi connectivity index (χ1n) is 9.08. The maximum Gasteiger partial charge on any atom is 0.227 e. The van der Waals surface area contributed by atoms with Gasteiger partial charge in [-0.3, -0.25) is 9.48 Å². The van der Waals surface area contributed by atoms with Gasteiger partial charge in [-0.1, -0.05) is 18.2 Å². The maximum absolute atomic E-state index is 12.8. The number of likely N-dealkylation sites (tertiary alicyclic amines) is 1. The van der Waals surface area contributed by atoms with Gasteiger partial charge in [0.2, 0.25) is 5.91 Å². The van der Waals surface area contributed by atoms with Gasteiger partial charge in [-0.2, -0.15) is 5.10 Å². The fourth-order valence-corrected chi connectivity index (χ4v) is 3.59. The molecule has 0 saturated carbocycles. The highest BCUT2D eigenvalue weighted by atomic mass is 16.5. The lowest BCUT2D eigenvalue weighted by molar-refractivity contribution is -0.129. The summed E-state index contributed by atoms with van der Waals surface area (Å²) in [6, 6.07) is 7.88. The zero-order valence-corrected chi connectivity index (χ0v) is 15.6. The van der Waals surface area contributed by atoms with Gasteiger partial charge in [0.05, 0.1) is 19.7 Å². The molecule has 0 unspecified atom stereocenters. The molecular weight excluding hydrogens is 330 g/mol. The average Bonchev–Trinajstić information content (AvgIpc) is 3.28. The van der Waals surface area contributed by atoms with Gasteiger partial charge in [-0.25, -0.2) is 0 Å². The Bertz CT molecular complexity index is 756. The Morgan fingerprint density at radius 1 is 1.35 bits per heavy atom. The van der Waals surface area contributed by atoms with Gasteiger partial charge >= 0.3 is 0 Å². The third-order valence-electron chi connectivity index (χ3n) is 5.14. The van der Waals surface area contributed by atoms with Crippen LogP contribution in [-0.2, 0) is 11.2 Å². The summed E-state index contributed by atoms with van der Waals surface area (Å²) in [6.07, 6.45) is 4.20. The zero-order valence-electron chi connectivity index (χ0n) is 15.6. The molecule has 2 heterocycles. The molecule has 1 aliphatic rings. The number of ether oxygens (including phenoxy) is 1. The van der Waals surface area contributed by atoms with E-state index < -0.39 is 0 Å². The van der Waals surface area contributed by atoms with Gasteiger partial charge in [-0.05, 0) is 25.5 Å². The van der Waals surface area contributed by atoms with E-state index >= 15 is 0 Å². The van der Waals surface area contributed by atoms with Gasteiger partial charge in [0.25, 0.3) is 0 Å². The molecule has 6 heteroatoms. The summed E-state index contributed by atoms with van der Waals surface area (Å²) in [4.78, 5) is 14.7. The lowest BCUT2D eigenvalue weighted by Crippen LogP contribution is -2.30. The van der Waals surface area contributed by atoms with Crippen LogP contribution in [0.25, 0.3) is 0 Å². The van der Waals surface area contributed by atoms with E-state index in [2.05, 4.69) is 18.9 Å². The second-order valence-corrected chi connectivity index (χ2v) is 7.18. The molecule has 1 amide bonds. The van der Waals surface area contributed by atoms with Crippen LogP contribution in [0.5, 0.6) is 5.75 Å². The van der Waals surface area contributed by atoms with Crippen molar-refractivity contribution in [1.29, 1.82) is 0 Å². The van der Waals surface area contributed by atoms with Crippen LogP contribution < -0.4 is 4.74 Å². The number of methoxy groups -OCH3 is 1. The first-order valence-corrected chi connectivity index (χ1v) is 9.08.